The zero-order valence-electron chi connectivity index (χ0n) is 15.5. The molecule has 3 rings (SSSR count). The molecule has 1 amide bonds. The molecule has 0 fully saturated rings. The molecule has 0 aliphatic carbocycles. The van der Waals surface area contributed by atoms with Crippen LogP contribution >= 0.6 is 0 Å². The summed E-state index contributed by atoms with van der Waals surface area (Å²) in [6, 6.07) is 9.49. The van der Waals surface area contributed by atoms with Gasteiger partial charge in [-0.2, -0.15) is 0 Å². The summed E-state index contributed by atoms with van der Waals surface area (Å²) < 4.78 is 7.01. The Balaban J connectivity index is 1.72. The molecule has 0 saturated carbocycles. The third kappa shape index (κ3) is 6.01. The van der Waals surface area contributed by atoms with Crippen LogP contribution in [-0.4, -0.2) is 55.0 Å². The molecule has 1 unspecified atom stereocenters. The third-order valence-electron chi connectivity index (χ3n) is 3.49. The second-order valence-corrected chi connectivity index (χ2v) is 9.11. The zero-order valence-corrected chi connectivity index (χ0v) is 17.2. The maximum absolute atomic E-state index is 12.3. The number of nitrogens with zero attached hydrogens (tertiary/aromatic N) is 4. The quantitative estimate of drug-likeness (QED) is 0.683. The van der Waals surface area contributed by atoms with Crippen LogP contribution in [0.15, 0.2) is 40.3 Å². The number of ether oxygens (including phenoxy) is 1. The first-order valence-corrected chi connectivity index (χ1v) is 10.3. The number of benzene rings is 1. The maximum atomic E-state index is 12.3. The average Bonchev–Trinajstić information content (AvgIpc) is 3.25. The Morgan fingerprint density at radius 1 is 1.26 bits per heavy atom. The molecule has 1 atom stereocenters. The predicted octanol–water partition coefficient (Wildman–Crippen LogP) is 2.72. The van der Waals surface area contributed by atoms with Crippen LogP contribution in [0.2, 0.25) is 0 Å². The van der Waals surface area contributed by atoms with Gasteiger partial charge in [0.1, 0.15) is 0 Å². The number of hydrogen-bond acceptors (Lipinski definition) is 7. The number of aliphatic imine (C=N–C) groups is 2. The van der Waals surface area contributed by atoms with E-state index in [1.54, 1.807) is 6.34 Å². The van der Waals surface area contributed by atoms with E-state index in [1.165, 1.54) is 0 Å². The van der Waals surface area contributed by atoms with Crippen LogP contribution in [-0.2, 0) is 4.74 Å². The van der Waals surface area contributed by atoms with Crippen LogP contribution in [0.25, 0.3) is 0 Å². The normalized spacial score (nSPS) is 14.6. The van der Waals surface area contributed by atoms with Crippen molar-refractivity contribution in [2.75, 3.05) is 11.9 Å². The van der Waals surface area contributed by atoms with Crippen LogP contribution < -0.4 is 10.6 Å². The molecule has 2 N–H and O–H groups in total. The van der Waals surface area contributed by atoms with Crippen LogP contribution in [0, 0.1) is 0 Å². The molecule has 0 radical (unpaired) electrons. The van der Waals surface area contributed by atoms with Gasteiger partial charge in [-0.05, 0) is 0 Å². The van der Waals surface area contributed by atoms with E-state index < -0.39 is 11.7 Å². The Labute approximate surface area is 163 Å². The number of alkyl carbamates (subject to hydrolysis) is 1. The van der Waals surface area contributed by atoms with E-state index in [9.17, 15) is 4.79 Å². The summed E-state index contributed by atoms with van der Waals surface area (Å²) in [5.41, 5.74) is 1.29. The minimum absolute atomic E-state index is 0.129. The summed E-state index contributed by atoms with van der Waals surface area (Å²) in [6.07, 6.45) is 1.60. The molecule has 142 valence electrons. The van der Waals surface area contributed by atoms with E-state index in [1.807, 2.05) is 51.1 Å². The van der Waals surface area contributed by atoms with E-state index in [0.717, 1.165) is 20.7 Å². The summed E-state index contributed by atoms with van der Waals surface area (Å²) in [7, 11) is 0. The van der Waals surface area contributed by atoms with E-state index in [-0.39, 0.29) is 20.5 Å². The van der Waals surface area contributed by atoms with Gasteiger partial charge in [-0.15, -0.1) is 0 Å². The first-order chi connectivity index (χ1) is 12.9. The monoisotopic (exact) mass is 434 g/mol. The Morgan fingerprint density at radius 2 is 2.04 bits per heavy atom. The van der Waals surface area contributed by atoms with Crippen molar-refractivity contribution < 1.29 is 9.53 Å². The molecule has 2 aromatic rings. The standard InChI is InChI=1S/C18H22N6O2Se/c1-18(2,3)26-17(25)22-14(9-13-10-19-11-20-13)15-23-24-16(27-15)21-12-7-5-4-6-8-12/h4-8,11,14H,9-10H2,1-3H3,(H,21,24)(H,22,25). The summed E-state index contributed by atoms with van der Waals surface area (Å²) in [4.78, 5) is 20.6. The summed E-state index contributed by atoms with van der Waals surface area (Å²) in [6.45, 7) is 6.04. The van der Waals surface area contributed by atoms with Crippen molar-refractivity contribution in [3.63, 3.8) is 0 Å². The molecule has 2 heterocycles. The molecule has 0 bridgehead atoms. The van der Waals surface area contributed by atoms with Gasteiger partial charge in [-0.1, -0.05) is 0 Å². The molecule has 0 saturated heterocycles. The van der Waals surface area contributed by atoms with Gasteiger partial charge in [-0.25, -0.2) is 0 Å². The number of nitrogens with one attached hydrogen (secondary N) is 2. The van der Waals surface area contributed by atoms with E-state index in [2.05, 4.69) is 30.8 Å². The van der Waals surface area contributed by atoms with Crippen molar-refractivity contribution >= 4 is 43.0 Å². The zero-order chi connectivity index (χ0) is 19.3. The van der Waals surface area contributed by atoms with Crippen LogP contribution in [0.5, 0.6) is 0 Å². The fourth-order valence-corrected chi connectivity index (χ4v) is 4.09. The minimum atomic E-state index is -0.568. The molecular weight excluding hydrogens is 411 g/mol. The number of hydrogen-bond donors (Lipinski definition) is 2. The number of carbonyl (C=O) groups excluding carboxylic acids is 1. The Hall–Kier alpha value is -2.51. The van der Waals surface area contributed by atoms with Gasteiger partial charge in [0.15, 0.2) is 0 Å². The molecule has 1 aliphatic heterocycles. The molecule has 0 spiro atoms. The van der Waals surface area contributed by atoms with Crippen molar-refractivity contribution in [2.45, 2.75) is 38.8 Å². The molecular formula is C18H22N6O2Se. The number of carbonyl (C=O) groups is 1. The summed E-state index contributed by atoms with van der Waals surface area (Å²) in [5, 5.41) is 14.7. The summed E-state index contributed by atoms with van der Waals surface area (Å²) in [5.74, 6) is 0. The number of anilines is 2. The van der Waals surface area contributed by atoms with Crippen LogP contribution in [0.1, 0.15) is 37.8 Å². The molecule has 27 heavy (non-hydrogen) atoms. The first kappa shape index (κ1) is 19.3. The topological polar surface area (TPSA) is 101 Å². The van der Waals surface area contributed by atoms with Gasteiger partial charge in [0.2, 0.25) is 0 Å². The van der Waals surface area contributed by atoms with Crippen molar-refractivity contribution in [3.8, 4) is 0 Å². The average molecular weight is 433 g/mol. The van der Waals surface area contributed by atoms with Crippen molar-refractivity contribution in [1.82, 2.24) is 15.5 Å². The molecule has 8 nitrogen and oxygen atoms in total. The fourth-order valence-electron chi connectivity index (χ4n) is 2.38. The van der Waals surface area contributed by atoms with Gasteiger partial charge in [-0.3, -0.25) is 0 Å². The first-order valence-electron chi connectivity index (χ1n) is 8.58. The second kappa shape index (κ2) is 8.45. The molecule has 1 aromatic carbocycles. The Morgan fingerprint density at radius 3 is 2.70 bits per heavy atom. The van der Waals surface area contributed by atoms with Crippen LogP contribution in [0.4, 0.5) is 15.2 Å². The van der Waals surface area contributed by atoms with Gasteiger partial charge >= 0.3 is 164 Å². The SMILES string of the molecule is CC(C)(C)OC(=O)NC(CC1=NC=NC1)c1nnc(Nc2ccccc2)[se]1. The molecule has 1 aliphatic rings. The Bertz CT molecular complexity index is 841. The van der Waals surface area contributed by atoms with Crippen LogP contribution in [0.3, 0.4) is 0 Å². The van der Waals surface area contributed by atoms with Gasteiger partial charge in [0.05, 0.1) is 0 Å². The van der Waals surface area contributed by atoms with E-state index >= 15 is 0 Å². The van der Waals surface area contributed by atoms with E-state index in [4.69, 9.17) is 4.74 Å². The van der Waals surface area contributed by atoms with Crippen molar-refractivity contribution in [1.29, 1.82) is 0 Å². The van der Waals surface area contributed by atoms with Crippen molar-refractivity contribution in [3.05, 3.63) is 34.9 Å². The number of aromatic nitrogens is 2. The molecule has 9 heteroatoms. The van der Waals surface area contributed by atoms with Gasteiger partial charge in [0, 0.05) is 0 Å². The molecule has 1 aromatic heterocycles. The van der Waals surface area contributed by atoms with E-state index in [0.29, 0.717) is 13.0 Å². The predicted molar refractivity (Wildman–Crippen MR) is 106 cm³/mol. The number of rotatable bonds is 6. The number of amides is 1. The second-order valence-electron chi connectivity index (χ2n) is 6.99. The van der Waals surface area contributed by atoms with Gasteiger partial charge in [0.25, 0.3) is 0 Å². The fraction of sp³-hybridized carbons (Fsp3) is 0.389. The third-order valence-corrected chi connectivity index (χ3v) is 5.49. The Kier molecular flexibility index (Phi) is 6.03. The van der Waals surface area contributed by atoms with Gasteiger partial charge < -0.3 is 0 Å². The van der Waals surface area contributed by atoms with Crippen molar-refractivity contribution in [2.24, 2.45) is 9.98 Å². The summed E-state index contributed by atoms with van der Waals surface area (Å²) >= 11 is -0.129. The number of para-hydroxylation sites is 1.